The first-order chi connectivity index (χ1) is 16.8. The predicted octanol–water partition coefficient (Wildman–Crippen LogP) is 8.07. The number of benzene rings is 1. The number of allylic oxidation sites excluding steroid dienone is 5. The van der Waals surface area contributed by atoms with E-state index in [1.165, 1.54) is 15.6 Å². The minimum absolute atomic E-state index is 0.0275. The molecule has 0 radical (unpaired) electrons. The van der Waals surface area contributed by atoms with Crippen molar-refractivity contribution < 1.29 is 5.11 Å². The van der Waals surface area contributed by atoms with Gasteiger partial charge in [0.1, 0.15) is 0 Å². The lowest BCUT2D eigenvalue weighted by Crippen LogP contribution is -2.36. The third kappa shape index (κ3) is 8.65. The van der Waals surface area contributed by atoms with E-state index < -0.39 is 6.10 Å². The molecule has 36 heavy (non-hydrogen) atoms. The Morgan fingerprint density at radius 1 is 1.03 bits per heavy atom. The van der Waals surface area contributed by atoms with Gasteiger partial charge in [-0.3, -0.25) is 9.89 Å². The molecule has 0 bridgehead atoms. The molecule has 3 nitrogen and oxygen atoms in total. The third-order valence-corrected chi connectivity index (χ3v) is 7.95. The lowest BCUT2D eigenvalue weighted by Gasteiger charge is -2.38. The van der Waals surface area contributed by atoms with E-state index in [1.807, 2.05) is 6.21 Å². The van der Waals surface area contributed by atoms with Crippen molar-refractivity contribution in [3.63, 3.8) is 0 Å². The van der Waals surface area contributed by atoms with Crippen LogP contribution in [0.2, 0.25) is 0 Å². The van der Waals surface area contributed by atoms with E-state index in [4.69, 9.17) is 4.99 Å². The number of rotatable bonds is 8. The summed E-state index contributed by atoms with van der Waals surface area (Å²) in [4.78, 5) is 7.31. The maximum absolute atomic E-state index is 11.2. The molecule has 1 N–H and O–H groups in total. The minimum atomic E-state index is -0.533. The van der Waals surface area contributed by atoms with Gasteiger partial charge in [0.15, 0.2) is 0 Å². The Balaban J connectivity index is 1.71. The number of aliphatic hydroxyl groups excluding tert-OH is 1. The number of nitrogens with zero attached hydrogens (tertiary/aromatic N) is 2. The number of hydrogen-bond donors (Lipinski definition) is 1. The topological polar surface area (TPSA) is 35.8 Å². The normalized spacial score (nSPS) is 23.4. The zero-order valence-electron chi connectivity index (χ0n) is 22.6. The molecule has 1 aromatic rings. The van der Waals surface area contributed by atoms with Crippen molar-refractivity contribution >= 4 is 38.1 Å². The van der Waals surface area contributed by atoms with Crippen LogP contribution in [0.25, 0.3) is 0 Å². The van der Waals surface area contributed by atoms with E-state index >= 15 is 0 Å². The Morgan fingerprint density at radius 2 is 1.72 bits per heavy atom. The van der Waals surface area contributed by atoms with Crippen molar-refractivity contribution in [2.45, 2.75) is 60.6 Å². The highest BCUT2D eigenvalue weighted by atomic mass is 79.9. The molecule has 3 unspecified atom stereocenters. The summed E-state index contributed by atoms with van der Waals surface area (Å²) in [5.41, 5.74) is 3.51. The van der Waals surface area contributed by atoms with E-state index in [9.17, 15) is 5.11 Å². The quantitative estimate of drug-likeness (QED) is 0.299. The second kappa shape index (κ2) is 12.5. The first-order valence-electron chi connectivity index (χ1n) is 12.9. The monoisotopic (exact) mass is 616 g/mol. The molecule has 3 rings (SSSR count). The lowest BCUT2D eigenvalue weighted by atomic mass is 9.69. The molecule has 196 valence electrons. The largest absolute Gasteiger partial charge is 0.388 e. The van der Waals surface area contributed by atoms with E-state index in [0.29, 0.717) is 12.5 Å². The van der Waals surface area contributed by atoms with Crippen molar-refractivity contribution in [2.24, 2.45) is 27.7 Å². The van der Waals surface area contributed by atoms with Crippen LogP contribution in [0.5, 0.6) is 0 Å². The standard InChI is InChI=1S/C31H42Br2N2O/c1-30(2,3)25-16-24(29(36)28(17-25)31(4,5)6)19-34-12-13-35(20-22-10-8-7-9-11-22)21-23-14-26(32)18-27(33)15-23/h7-11,14,16-19,23,28-29,36H,12-13,15,20-21H2,1-6H3. The molecule has 0 heterocycles. The van der Waals surface area contributed by atoms with E-state index in [2.05, 4.69) is 133 Å². The summed E-state index contributed by atoms with van der Waals surface area (Å²) in [6.07, 6.45) is 11.3. The number of halogens is 2. The summed E-state index contributed by atoms with van der Waals surface area (Å²) < 4.78 is 2.37. The van der Waals surface area contributed by atoms with E-state index in [1.54, 1.807) is 0 Å². The lowest BCUT2D eigenvalue weighted by molar-refractivity contribution is 0.100. The van der Waals surface area contributed by atoms with Crippen LogP contribution in [0, 0.1) is 22.7 Å². The van der Waals surface area contributed by atoms with Gasteiger partial charge in [-0.15, -0.1) is 0 Å². The molecule has 3 atom stereocenters. The number of aliphatic imine (C=N–C) groups is 1. The van der Waals surface area contributed by atoms with E-state index in [0.717, 1.165) is 36.1 Å². The summed E-state index contributed by atoms with van der Waals surface area (Å²) in [7, 11) is 0. The Bertz CT molecular complexity index is 1040. The molecule has 0 saturated heterocycles. The minimum Gasteiger partial charge on any atom is -0.388 e. The zero-order chi connectivity index (χ0) is 26.5. The summed E-state index contributed by atoms with van der Waals surface area (Å²) in [5, 5.41) is 11.2. The van der Waals surface area contributed by atoms with Gasteiger partial charge >= 0.3 is 0 Å². The second-order valence-corrected chi connectivity index (χ2v) is 14.2. The summed E-state index contributed by atoms with van der Waals surface area (Å²) >= 11 is 7.35. The molecule has 0 aliphatic heterocycles. The molecule has 1 aromatic carbocycles. The van der Waals surface area contributed by atoms with Gasteiger partial charge in [-0.2, -0.15) is 0 Å². The van der Waals surface area contributed by atoms with Gasteiger partial charge in [-0.25, -0.2) is 0 Å². The second-order valence-electron chi connectivity index (χ2n) is 12.2. The van der Waals surface area contributed by atoms with Crippen LogP contribution in [0.1, 0.15) is 53.5 Å². The fraction of sp³-hybridized carbons (Fsp3) is 0.516. The van der Waals surface area contributed by atoms with Crippen molar-refractivity contribution in [3.8, 4) is 0 Å². The van der Waals surface area contributed by atoms with Crippen LogP contribution in [-0.4, -0.2) is 42.0 Å². The first-order valence-corrected chi connectivity index (χ1v) is 14.5. The van der Waals surface area contributed by atoms with Gasteiger partial charge in [0, 0.05) is 36.2 Å². The third-order valence-electron chi connectivity index (χ3n) is 6.90. The Morgan fingerprint density at radius 3 is 2.33 bits per heavy atom. The molecule has 0 saturated carbocycles. The molecule has 0 amide bonds. The van der Waals surface area contributed by atoms with Crippen molar-refractivity contribution in [1.29, 1.82) is 0 Å². The summed E-state index contributed by atoms with van der Waals surface area (Å²) in [6.45, 7) is 16.7. The average molecular weight is 618 g/mol. The smallest absolute Gasteiger partial charge is 0.0872 e. The molecular weight excluding hydrogens is 576 g/mol. The molecule has 0 fully saturated rings. The molecule has 0 aromatic heterocycles. The maximum Gasteiger partial charge on any atom is 0.0872 e. The fourth-order valence-electron chi connectivity index (χ4n) is 4.79. The summed E-state index contributed by atoms with van der Waals surface area (Å²) in [6, 6.07) is 10.6. The highest BCUT2D eigenvalue weighted by Crippen LogP contribution is 2.40. The Kier molecular flexibility index (Phi) is 10.2. The number of aliphatic hydroxyl groups is 1. The van der Waals surface area contributed by atoms with Gasteiger partial charge < -0.3 is 5.11 Å². The average Bonchev–Trinajstić information content (AvgIpc) is 2.76. The summed E-state index contributed by atoms with van der Waals surface area (Å²) in [5.74, 6) is 0.511. The molecule has 2 aliphatic carbocycles. The van der Waals surface area contributed by atoms with Crippen LogP contribution >= 0.6 is 31.9 Å². The van der Waals surface area contributed by atoms with Gasteiger partial charge in [0.05, 0.1) is 12.6 Å². The predicted molar refractivity (Wildman–Crippen MR) is 162 cm³/mol. The van der Waals surface area contributed by atoms with Crippen molar-refractivity contribution in [2.75, 3.05) is 19.6 Å². The van der Waals surface area contributed by atoms with Gasteiger partial charge in [-0.1, -0.05) is 122 Å². The number of hydrogen-bond acceptors (Lipinski definition) is 3. The highest BCUT2D eigenvalue weighted by Gasteiger charge is 2.35. The van der Waals surface area contributed by atoms with Crippen LogP contribution < -0.4 is 0 Å². The SMILES string of the molecule is CC(C)(C)C1=CC(C(C)(C)C)C(O)C(C=NCCN(Cc2ccccc2)CC2C=C(Br)C=C(Br)C2)=C1. The first kappa shape index (κ1) is 29.3. The van der Waals surface area contributed by atoms with Crippen LogP contribution in [0.15, 0.2) is 79.7 Å². The molecule has 5 heteroatoms. The van der Waals surface area contributed by atoms with Gasteiger partial charge in [0.2, 0.25) is 0 Å². The van der Waals surface area contributed by atoms with Gasteiger partial charge in [-0.05, 0) is 50.4 Å². The Hall–Kier alpha value is -1.27. The fourth-order valence-corrected chi connectivity index (χ4v) is 6.41. The van der Waals surface area contributed by atoms with Crippen LogP contribution in [0.3, 0.4) is 0 Å². The molecule has 2 aliphatic rings. The van der Waals surface area contributed by atoms with Crippen molar-refractivity contribution in [3.05, 3.63) is 80.3 Å². The van der Waals surface area contributed by atoms with Crippen LogP contribution in [0.4, 0.5) is 0 Å². The molecule has 0 spiro atoms. The van der Waals surface area contributed by atoms with Gasteiger partial charge in [0.25, 0.3) is 0 Å². The maximum atomic E-state index is 11.2. The Labute approximate surface area is 235 Å². The highest BCUT2D eigenvalue weighted by molar-refractivity contribution is 9.12. The van der Waals surface area contributed by atoms with Crippen LogP contribution in [-0.2, 0) is 6.54 Å². The van der Waals surface area contributed by atoms with E-state index in [-0.39, 0.29) is 16.7 Å². The zero-order valence-corrected chi connectivity index (χ0v) is 25.8. The molecular formula is C31H42Br2N2O. The van der Waals surface area contributed by atoms with Crippen molar-refractivity contribution in [1.82, 2.24) is 4.90 Å².